The Bertz CT molecular complexity index is 1650. The summed E-state index contributed by atoms with van der Waals surface area (Å²) >= 11 is 6.51. The van der Waals surface area contributed by atoms with Crippen LogP contribution in [0, 0.1) is 6.92 Å². The molecule has 1 aromatic carbocycles. The number of hydrogen-bond donors (Lipinski definition) is 2. The molecular formula is C27H27ClF3N7O2. The molecule has 0 unspecified atom stereocenters. The van der Waals surface area contributed by atoms with Crippen LogP contribution in [0.1, 0.15) is 65.0 Å². The Labute approximate surface area is 231 Å². The van der Waals surface area contributed by atoms with Crippen molar-refractivity contribution < 1.29 is 18.0 Å². The van der Waals surface area contributed by atoms with Gasteiger partial charge in [0.1, 0.15) is 5.82 Å². The van der Waals surface area contributed by atoms with Crippen molar-refractivity contribution in [2.45, 2.75) is 63.6 Å². The number of fused-ring (bicyclic) bond motifs is 4. The topological polar surface area (TPSA) is 113 Å². The quantitative estimate of drug-likeness (QED) is 0.376. The van der Waals surface area contributed by atoms with Crippen molar-refractivity contribution in [3.8, 4) is 0 Å². The largest absolute Gasteiger partial charge is 0.394 e. The minimum Gasteiger partial charge on any atom is -0.343 e. The lowest BCUT2D eigenvalue weighted by atomic mass is 9.89. The normalized spacial score (nSPS) is 18.0. The monoisotopic (exact) mass is 573 g/mol. The molecule has 1 fully saturated rings. The second-order valence-electron chi connectivity index (χ2n) is 10.7. The molecule has 210 valence electrons. The summed E-state index contributed by atoms with van der Waals surface area (Å²) in [5.74, 6) is -0.0264. The van der Waals surface area contributed by atoms with E-state index in [0.29, 0.717) is 54.3 Å². The van der Waals surface area contributed by atoms with Crippen molar-refractivity contribution >= 4 is 28.4 Å². The minimum atomic E-state index is -4.40. The van der Waals surface area contributed by atoms with Crippen molar-refractivity contribution in [3.05, 3.63) is 73.8 Å². The van der Waals surface area contributed by atoms with Crippen LogP contribution in [0.4, 0.5) is 13.2 Å². The number of aryl methyl sites for hydroxylation is 1. The number of benzene rings is 1. The summed E-state index contributed by atoms with van der Waals surface area (Å²) in [6, 6.07) is 3.61. The van der Waals surface area contributed by atoms with Crippen LogP contribution in [0.2, 0.25) is 5.02 Å². The number of piperidine rings is 1. The molecular weight excluding hydrogens is 547 g/mol. The van der Waals surface area contributed by atoms with Crippen LogP contribution in [0.15, 0.2) is 29.3 Å². The second-order valence-corrected chi connectivity index (χ2v) is 11.1. The molecule has 0 saturated carbocycles. The van der Waals surface area contributed by atoms with Gasteiger partial charge in [0.15, 0.2) is 0 Å². The van der Waals surface area contributed by atoms with E-state index in [0.717, 1.165) is 22.2 Å². The number of alkyl halides is 3. The number of nitrogens with zero attached hydrogens (tertiary/aromatic N) is 5. The Hall–Kier alpha value is -3.67. The fourth-order valence-corrected chi connectivity index (χ4v) is 6.40. The van der Waals surface area contributed by atoms with E-state index >= 15 is 0 Å². The third-order valence-corrected chi connectivity index (χ3v) is 8.36. The molecule has 13 heteroatoms. The van der Waals surface area contributed by atoms with Crippen LogP contribution in [0.5, 0.6) is 0 Å². The molecule has 0 radical (unpaired) electrons. The first kappa shape index (κ1) is 26.5. The van der Waals surface area contributed by atoms with Crippen LogP contribution in [-0.4, -0.2) is 60.0 Å². The number of halogens is 4. The second kappa shape index (κ2) is 10.1. The first-order chi connectivity index (χ1) is 19.1. The Kier molecular flexibility index (Phi) is 6.68. The number of H-pyrrole nitrogens is 2. The highest BCUT2D eigenvalue weighted by Gasteiger charge is 2.35. The number of nitrogens with one attached hydrogen (secondary N) is 2. The van der Waals surface area contributed by atoms with Crippen molar-refractivity contribution in [2.24, 2.45) is 0 Å². The van der Waals surface area contributed by atoms with Gasteiger partial charge in [0, 0.05) is 48.3 Å². The van der Waals surface area contributed by atoms with Crippen LogP contribution in [0.3, 0.4) is 0 Å². The van der Waals surface area contributed by atoms with Gasteiger partial charge < -0.3 is 9.47 Å². The molecule has 0 bridgehead atoms. The molecule has 0 spiro atoms. The summed E-state index contributed by atoms with van der Waals surface area (Å²) in [5, 5.41) is 14.6. The van der Waals surface area contributed by atoms with Crippen LogP contribution >= 0.6 is 11.6 Å². The molecule has 1 saturated heterocycles. The Balaban J connectivity index is 1.27. The lowest BCUT2D eigenvalue weighted by Gasteiger charge is -2.32. The highest BCUT2D eigenvalue weighted by Crippen LogP contribution is 2.38. The predicted octanol–water partition coefficient (Wildman–Crippen LogP) is 4.39. The van der Waals surface area contributed by atoms with E-state index in [4.69, 9.17) is 11.6 Å². The van der Waals surface area contributed by atoms with E-state index in [1.165, 1.54) is 6.20 Å². The van der Waals surface area contributed by atoms with Gasteiger partial charge in [-0.25, -0.2) is 10.1 Å². The Morgan fingerprint density at radius 3 is 2.70 bits per heavy atom. The standard InChI is InChI=1S/C27H27ClF3N7O2/c1-14-6-19(26(40)36-34-14)15-2-4-37(5-3-15)23(39)9-17-7-16-8-22(28)24-20(12-33-35-24)21(16)13-38-18(10-27(29,30)31)11-32-25(17)38/h6,8,11-12,15,17H,2-5,7,9-10,13H2,1H3,(H,33,35)(H,36,40)/t17-/m0/s1. The van der Waals surface area contributed by atoms with Crippen molar-refractivity contribution in [3.63, 3.8) is 0 Å². The lowest BCUT2D eigenvalue weighted by molar-refractivity contribution is -0.133. The number of likely N-dealkylation sites (tertiary alicyclic amines) is 1. The molecule has 2 N–H and O–H groups in total. The predicted molar refractivity (Wildman–Crippen MR) is 141 cm³/mol. The van der Waals surface area contributed by atoms with Gasteiger partial charge in [0.25, 0.3) is 5.56 Å². The SMILES string of the molecule is Cc1cc(C2CCN(C(=O)C[C@@H]3Cc4cc(Cl)c5[nH]ncc5c4Cn4c(CC(F)(F)F)cnc43)CC2)c(=O)[nH]n1. The molecule has 2 aliphatic rings. The molecule has 6 rings (SSSR count). The third kappa shape index (κ3) is 5.00. The third-order valence-electron chi connectivity index (χ3n) is 8.06. The van der Waals surface area contributed by atoms with Crippen molar-refractivity contribution in [1.29, 1.82) is 0 Å². The van der Waals surface area contributed by atoms with Gasteiger partial charge >= 0.3 is 6.18 Å². The first-order valence-electron chi connectivity index (χ1n) is 13.2. The van der Waals surface area contributed by atoms with E-state index in [-0.39, 0.29) is 36.0 Å². The summed E-state index contributed by atoms with van der Waals surface area (Å²) < 4.78 is 41.9. The lowest BCUT2D eigenvalue weighted by Crippen LogP contribution is -2.39. The highest BCUT2D eigenvalue weighted by atomic mass is 35.5. The molecule has 3 aromatic heterocycles. The number of amides is 1. The van der Waals surface area contributed by atoms with Gasteiger partial charge in [0.05, 0.1) is 35.4 Å². The maximum atomic E-state index is 13.5. The first-order valence-corrected chi connectivity index (χ1v) is 13.5. The average Bonchev–Trinajstić information content (AvgIpc) is 3.51. The van der Waals surface area contributed by atoms with Crippen LogP contribution in [0.25, 0.3) is 10.9 Å². The molecule has 4 aromatic rings. The zero-order valence-corrected chi connectivity index (χ0v) is 22.4. The van der Waals surface area contributed by atoms with E-state index < -0.39 is 18.5 Å². The van der Waals surface area contributed by atoms with Gasteiger partial charge in [-0.05, 0) is 55.4 Å². The smallest absolute Gasteiger partial charge is 0.343 e. The van der Waals surface area contributed by atoms with Gasteiger partial charge in [-0.3, -0.25) is 14.7 Å². The number of carbonyl (C=O) groups excluding carboxylic acids is 1. The van der Waals surface area contributed by atoms with E-state index in [1.807, 2.05) is 13.0 Å². The number of rotatable bonds is 4. The molecule has 5 heterocycles. The van der Waals surface area contributed by atoms with Crippen LogP contribution in [-0.2, 0) is 24.2 Å². The molecule has 2 aliphatic heterocycles. The average molecular weight is 574 g/mol. The molecule has 9 nitrogen and oxygen atoms in total. The number of hydrogen-bond acceptors (Lipinski definition) is 5. The maximum absolute atomic E-state index is 13.5. The zero-order valence-electron chi connectivity index (χ0n) is 21.7. The molecule has 0 aliphatic carbocycles. The number of imidazole rings is 1. The summed E-state index contributed by atoms with van der Waals surface area (Å²) in [6.45, 7) is 2.97. The van der Waals surface area contributed by atoms with E-state index in [1.54, 1.807) is 21.7 Å². The molecule has 1 amide bonds. The maximum Gasteiger partial charge on any atom is 0.394 e. The summed E-state index contributed by atoms with van der Waals surface area (Å²) in [5.41, 5.74) is 3.57. The Morgan fingerprint density at radius 1 is 1.18 bits per heavy atom. The highest BCUT2D eigenvalue weighted by molar-refractivity contribution is 6.35. The van der Waals surface area contributed by atoms with Gasteiger partial charge in [0.2, 0.25) is 5.91 Å². The zero-order chi connectivity index (χ0) is 28.2. The molecule has 1 atom stereocenters. The van der Waals surface area contributed by atoms with Gasteiger partial charge in [-0.2, -0.15) is 23.4 Å². The van der Waals surface area contributed by atoms with E-state index in [2.05, 4.69) is 25.4 Å². The molecule has 40 heavy (non-hydrogen) atoms. The fourth-order valence-electron chi connectivity index (χ4n) is 6.12. The van der Waals surface area contributed by atoms with E-state index in [9.17, 15) is 22.8 Å². The van der Waals surface area contributed by atoms with Crippen molar-refractivity contribution in [1.82, 2.24) is 34.8 Å². The van der Waals surface area contributed by atoms with Gasteiger partial charge in [-0.15, -0.1) is 0 Å². The summed E-state index contributed by atoms with van der Waals surface area (Å²) in [7, 11) is 0. The van der Waals surface area contributed by atoms with Gasteiger partial charge in [-0.1, -0.05) is 11.6 Å². The minimum absolute atomic E-state index is 0.0302. The number of aromatic amines is 2. The number of aromatic nitrogens is 6. The number of carbonyl (C=O) groups is 1. The summed E-state index contributed by atoms with van der Waals surface area (Å²) in [4.78, 5) is 32.0. The van der Waals surface area contributed by atoms with Crippen molar-refractivity contribution in [2.75, 3.05) is 13.1 Å². The summed E-state index contributed by atoms with van der Waals surface area (Å²) in [6.07, 6.45) is -0.817. The van der Waals surface area contributed by atoms with Crippen LogP contribution < -0.4 is 5.56 Å². The fraction of sp³-hybridized carbons (Fsp3) is 0.444. The Morgan fingerprint density at radius 2 is 1.95 bits per heavy atom.